The molecule has 1 amide bonds. The van der Waals surface area contributed by atoms with Gasteiger partial charge in [-0.3, -0.25) is 4.79 Å². The Kier molecular flexibility index (Phi) is 5.55. The van der Waals surface area contributed by atoms with Crippen LogP contribution in [0.5, 0.6) is 0 Å². The molecule has 16 heavy (non-hydrogen) atoms. The van der Waals surface area contributed by atoms with E-state index in [1.807, 2.05) is 0 Å². The summed E-state index contributed by atoms with van der Waals surface area (Å²) < 4.78 is 5.75. The lowest BCUT2D eigenvalue weighted by molar-refractivity contribution is 0.0908. The average molecular weight is 353 g/mol. The van der Waals surface area contributed by atoms with E-state index in [-0.39, 0.29) is 11.9 Å². The Morgan fingerprint density at radius 2 is 2.19 bits per heavy atom. The zero-order valence-electron chi connectivity index (χ0n) is 9.30. The molecule has 1 unspecified atom stereocenters. The highest BCUT2D eigenvalue weighted by Gasteiger charge is 2.16. The number of halogens is 2. The predicted octanol–water partition coefficient (Wildman–Crippen LogP) is 3.58. The number of hydrogen-bond donors (Lipinski definition) is 1. The highest BCUT2D eigenvalue weighted by molar-refractivity contribution is 9.10. The van der Waals surface area contributed by atoms with E-state index in [0.29, 0.717) is 16.3 Å². The molecule has 3 nitrogen and oxygen atoms in total. The molecule has 0 saturated carbocycles. The van der Waals surface area contributed by atoms with Crippen LogP contribution >= 0.6 is 31.9 Å². The lowest BCUT2D eigenvalue weighted by Gasteiger charge is -2.17. The molecule has 1 heterocycles. The molecule has 1 aromatic heterocycles. The van der Waals surface area contributed by atoms with Gasteiger partial charge < -0.3 is 9.73 Å². The van der Waals surface area contributed by atoms with Crippen LogP contribution in [0.1, 0.15) is 30.8 Å². The maximum Gasteiger partial charge on any atom is 0.287 e. The Balaban J connectivity index is 2.55. The number of alkyl halides is 1. The second-order valence-electron chi connectivity index (χ2n) is 4.06. The molecule has 90 valence electrons. The van der Waals surface area contributed by atoms with Crippen LogP contribution in [0.2, 0.25) is 0 Å². The molecule has 0 aromatic carbocycles. The summed E-state index contributed by atoms with van der Waals surface area (Å²) in [6.07, 6.45) is 0.943. The molecule has 0 radical (unpaired) electrons. The fraction of sp³-hybridized carbons (Fsp3) is 0.545. The lowest BCUT2D eigenvalue weighted by atomic mass is 10.1. The molecule has 0 aliphatic rings. The van der Waals surface area contributed by atoms with Crippen molar-refractivity contribution in [3.63, 3.8) is 0 Å². The van der Waals surface area contributed by atoms with Gasteiger partial charge in [0, 0.05) is 11.4 Å². The summed E-state index contributed by atoms with van der Waals surface area (Å²) in [5, 5.41) is 3.68. The Morgan fingerprint density at radius 3 is 2.62 bits per heavy atom. The molecular weight excluding hydrogens is 338 g/mol. The van der Waals surface area contributed by atoms with Crippen LogP contribution in [0.15, 0.2) is 21.2 Å². The Hall–Kier alpha value is -0.290. The summed E-state index contributed by atoms with van der Waals surface area (Å²) in [4.78, 5) is 11.8. The van der Waals surface area contributed by atoms with Crippen LogP contribution in [0.3, 0.4) is 0 Å². The SMILES string of the molecule is CC(C)CC(CBr)NC(=O)c1ccc(Br)o1. The van der Waals surface area contributed by atoms with Crippen LogP contribution in [0.4, 0.5) is 0 Å². The smallest absolute Gasteiger partial charge is 0.287 e. The van der Waals surface area contributed by atoms with Gasteiger partial charge in [0.1, 0.15) is 0 Å². The first-order valence-electron chi connectivity index (χ1n) is 5.15. The van der Waals surface area contributed by atoms with Gasteiger partial charge in [0.15, 0.2) is 10.4 Å². The molecule has 1 rings (SSSR count). The number of carbonyl (C=O) groups excluding carboxylic acids is 1. The van der Waals surface area contributed by atoms with E-state index in [9.17, 15) is 4.79 Å². The minimum absolute atomic E-state index is 0.136. The zero-order chi connectivity index (χ0) is 12.1. The van der Waals surface area contributed by atoms with Gasteiger partial charge in [0.25, 0.3) is 5.91 Å². The molecule has 0 aliphatic carbocycles. The third-order valence-electron chi connectivity index (χ3n) is 2.07. The van der Waals surface area contributed by atoms with Crippen molar-refractivity contribution in [2.75, 3.05) is 5.33 Å². The van der Waals surface area contributed by atoms with Crippen molar-refractivity contribution in [1.29, 1.82) is 0 Å². The number of hydrogen-bond acceptors (Lipinski definition) is 2. The molecule has 0 saturated heterocycles. The van der Waals surface area contributed by atoms with Crippen LogP contribution in [-0.4, -0.2) is 17.3 Å². The molecule has 5 heteroatoms. The van der Waals surface area contributed by atoms with Crippen LogP contribution in [-0.2, 0) is 0 Å². The standard InChI is InChI=1S/C11H15Br2NO2/c1-7(2)5-8(6-12)14-11(15)9-3-4-10(13)16-9/h3-4,7-8H,5-6H2,1-2H3,(H,14,15). The van der Waals surface area contributed by atoms with E-state index in [2.05, 4.69) is 51.0 Å². The minimum Gasteiger partial charge on any atom is -0.444 e. The number of furan rings is 1. The van der Waals surface area contributed by atoms with Crippen molar-refractivity contribution in [2.24, 2.45) is 5.92 Å². The van der Waals surface area contributed by atoms with E-state index in [4.69, 9.17) is 4.42 Å². The summed E-state index contributed by atoms with van der Waals surface area (Å²) in [6.45, 7) is 4.26. The zero-order valence-corrected chi connectivity index (χ0v) is 12.5. The normalized spacial score (nSPS) is 12.8. The maximum absolute atomic E-state index is 11.8. The molecule has 1 aromatic rings. The summed E-state index contributed by atoms with van der Waals surface area (Å²) >= 11 is 6.56. The molecule has 1 atom stereocenters. The molecule has 0 bridgehead atoms. The number of rotatable bonds is 5. The molecule has 1 N–H and O–H groups in total. The maximum atomic E-state index is 11.8. The Labute approximate surface area is 112 Å². The molecular formula is C11H15Br2NO2. The van der Waals surface area contributed by atoms with E-state index >= 15 is 0 Å². The van der Waals surface area contributed by atoms with Gasteiger partial charge in [0.2, 0.25) is 0 Å². The van der Waals surface area contributed by atoms with Crippen LogP contribution < -0.4 is 5.32 Å². The fourth-order valence-corrected chi connectivity index (χ4v) is 2.16. The van der Waals surface area contributed by atoms with Crippen molar-refractivity contribution >= 4 is 37.8 Å². The van der Waals surface area contributed by atoms with Gasteiger partial charge in [-0.2, -0.15) is 0 Å². The summed E-state index contributed by atoms with van der Waals surface area (Å²) in [5.41, 5.74) is 0. The van der Waals surface area contributed by atoms with Crippen molar-refractivity contribution in [2.45, 2.75) is 26.3 Å². The topological polar surface area (TPSA) is 42.2 Å². The summed E-state index contributed by atoms with van der Waals surface area (Å²) in [6, 6.07) is 3.50. The van der Waals surface area contributed by atoms with Crippen LogP contribution in [0.25, 0.3) is 0 Å². The second-order valence-corrected chi connectivity index (χ2v) is 5.49. The van der Waals surface area contributed by atoms with E-state index in [1.54, 1.807) is 12.1 Å². The highest BCUT2D eigenvalue weighted by atomic mass is 79.9. The summed E-state index contributed by atoms with van der Waals surface area (Å²) in [5.74, 6) is 0.712. The first-order chi connectivity index (χ1) is 7.52. The Bertz CT molecular complexity index is 350. The Morgan fingerprint density at radius 1 is 1.50 bits per heavy atom. The quantitative estimate of drug-likeness (QED) is 0.823. The number of carbonyl (C=O) groups is 1. The van der Waals surface area contributed by atoms with Crippen molar-refractivity contribution < 1.29 is 9.21 Å². The highest BCUT2D eigenvalue weighted by Crippen LogP contribution is 2.15. The van der Waals surface area contributed by atoms with Crippen molar-refractivity contribution in [1.82, 2.24) is 5.32 Å². The van der Waals surface area contributed by atoms with Crippen molar-refractivity contribution in [3.8, 4) is 0 Å². The average Bonchev–Trinajstić information content (AvgIpc) is 2.63. The van der Waals surface area contributed by atoms with Crippen molar-refractivity contribution in [3.05, 3.63) is 22.6 Å². The third kappa shape index (κ3) is 4.29. The summed E-state index contributed by atoms with van der Waals surface area (Å²) in [7, 11) is 0. The van der Waals surface area contributed by atoms with E-state index in [0.717, 1.165) is 11.8 Å². The van der Waals surface area contributed by atoms with E-state index in [1.165, 1.54) is 0 Å². The fourth-order valence-electron chi connectivity index (χ4n) is 1.42. The monoisotopic (exact) mass is 351 g/mol. The van der Waals surface area contributed by atoms with Gasteiger partial charge in [-0.15, -0.1) is 0 Å². The molecule has 0 fully saturated rings. The van der Waals surface area contributed by atoms with Gasteiger partial charge in [-0.1, -0.05) is 29.8 Å². The van der Waals surface area contributed by atoms with Crippen LogP contribution in [0, 0.1) is 5.92 Å². The molecule has 0 aliphatic heterocycles. The van der Waals surface area contributed by atoms with Gasteiger partial charge in [-0.05, 0) is 40.4 Å². The van der Waals surface area contributed by atoms with Gasteiger partial charge in [-0.25, -0.2) is 0 Å². The lowest BCUT2D eigenvalue weighted by Crippen LogP contribution is -2.36. The van der Waals surface area contributed by atoms with Gasteiger partial charge >= 0.3 is 0 Å². The predicted molar refractivity (Wildman–Crippen MR) is 70.9 cm³/mol. The third-order valence-corrected chi connectivity index (χ3v) is 3.28. The minimum atomic E-state index is -0.171. The molecule has 0 spiro atoms. The number of amides is 1. The van der Waals surface area contributed by atoms with Gasteiger partial charge in [0.05, 0.1) is 0 Å². The largest absolute Gasteiger partial charge is 0.444 e. The van der Waals surface area contributed by atoms with E-state index < -0.39 is 0 Å². The first kappa shape index (κ1) is 13.8. The first-order valence-corrected chi connectivity index (χ1v) is 7.06. The number of nitrogens with one attached hydrogen (secondary N) is 1. The second kappa shape index (κ2) is 6.45.